The first kappa shape index (κ1) is 16.3. The van der Waals surface area contributed by atoms with E-state index in [1.54, 1.807) is 21.3 Å². The highest BCUT2D eigenvalue weighted by Gasteiger charge is 2.47. The van der Waals surface area contributed by atoms with Gasteiger partial charge < -0.3 is 24.2 Å². The third kappa shape index (κ3) is 2.25. The second kappa shape index (κ2) is 5.99. The van der Waals surface area contributed by atoms with Crippen molar-refractivity contribution in [1.82, 2.24) is 4.90 Å². The van der Waals surface area contributed by atoms with Crippen LogP contribution in [0.5, 0.6) is 11.5 Å². The van der Waals surface area contributed by atoms with Crippen LogP contribution in [0.3, 0.4) is 0 Å². The Hall–Kier alpha value is -2.14. The number of phenolic OH excluding ortho intramolecular Hbond substituents is 1. The highest BCUT2D eigenvalue weighted by atomic mass is 16.5. The van der Waals surface area contributed by atoms with Crippen LogP contribution in [0.15, 0.2) is 29.7 Å². The third-order valence-corrected chi connectivity index (χ3v) is 5.99. The Balaban J connectivity index is 2.01. The molecule has 1 aromatic rings. The van der Waals surface area contributed by atoms with Gasteiger partial charge in [0.05, 0.1) is 21.3 Å². The molecular weight excluding hydrogens is 318 g/mol. The van der Waals surface area contributed by atoms with Crippen molar-refractivity contribution in [2.75, 3.05) is 34.9 Å². The van der Waals surface area contributed by atoms with Gasteiger partial charge in [-0.15, -0.1) is 0 Å². The minimum Gasteiger partial charge on any atom is -0.504 e. The monoisotopic (exact) mass is 343 g/mol. The molecule has 1 fully saturated rings. The summed E-state index contributed by atoms with van der Waals surface area (Å²) in [4.78, 5) is 2.43. The van der Waals surface area contributed by atoms with E-state index in [9.17, 15) is 5.11 Å². The van der Waals surface area contributed by atoms with Crippen LogP contribution in [0.1, 0.15) is 17.5 Å². The van der Waals surface area contributed by atoms with Crippen molar-refractivity contribution in [1.29, 1.82) is 0 Å². The number of ether oxygens (including phenoxy) is 3. The summed E-state index contributed by atoms with van der Waals surface area (Å²) < 4.78 is 16.7. The third-order valence-electron chi connectivity index (χ3n) is 5.99. The Kier molecular flexibility index (Phi) is 3.91. The smallest absolute Gasteiger partial charge is 0.165 e. The predicted octanol–water partition coefficient (Wildman–Crippen LogP) is 2.79. The first-order chi connectivity index (χ1) is 12.1. The number of hydrogen-bond donors (Lipinski definition) is 1. The molecule has 0 spiro atoms. The maximum atomic E-state index is 10.9. The van der Waals surface area contributed by atoms with E-state index in [0.29, 0.717) is 17.7 Å². The van der Waals surface area contributed by atoms with Gasteiger partial charge in [-0.1, -0.05) is 6.07 Å². The molecule has 1 saturated heterocycles. The zero-order valence-electron chi connectivity index (χ0n) is 15.2. The van der Waals surface area contributed by atoms with Gasteiger partial charge in [-0.05, 0) is 50.1 Å². The number of rotatable bonds is 3. The summed E-state index contributed by atoms with van der Waals surface area (Å²) >= 11 is 0. The summed E-state index contributed by atoms with van der Waals surface area (Å²) in [6.45, 7) is 1.06. The number of likely N-dealkylation sites (tertiary alicyclic amines) is 1. The number of hydrogen-bond acceptors (Lipinski definition) is 5. The number of methoxy groups -OCH3 is 3. The molecule has 1 N–H and O–H groups in total. The van der Waals surface area contributed by atoms with Crippen molar-refractivity contribution < 1.29 is 19.3 Å². The molecule has 0 saturated carbocycles. The number of benzene rings is 1. The molecule has 134 valence electrons. The van der Waals surface area contributed by atoms with Gasteiger partial charge in [0.25, 0.3) is 0 Å². The quantitative estimate of drug-likeness (QED) is 0.915. The van der Waals surface area contributed by atoms with Crippen molar-refractivity contribution >= 4 is 5.57 Å². The van der Waals surface area contributed by atoms with Crippen molar-refractivity contribution in [3.05, 3.63) is 40.9 Å². The molecule has 1 heterocycles. The molecule has 1 aromatic carbocycles. The molecule has 3 atom stereocenters. The van der Waals surface area contributed by atoms with Crippen LogP contribution in [0, 0.1) is 11.8 Å². The minimum absolute atomic E-state index is 0.201. The molecule has 5 heteroatoms. The van der Waals surface area contributed by atoms with Crippen LogP contribution in [0.4, 0.5) is 0 Å². The van der Waals surface area contributed by atoms with E-state index < -0.39 is 0 Å². The van der Waals surface area contributed by atoms with Gasteiger partial charge in [0.1, 0.15) is 0 Å². The first-order valence-corrected chi connectivity index (χ1v) is 8.74. The summed E-state index contributed by atoms with van der Waals surface area (Å²) in [7, 11) is 7.11. The fourth-order valence-corrected chi connectivity index (χ4v) is 4.81. The van der Waals surface area contributed by atoms with Gasteiger partial charge in [0.2, 0.25) is 0 Å². The van der Waals surface area contributed by atoms with E-state index in [1.807, 2.05) is 6.07 Å². The first-order valence-electron chi connectivity index (χ1n) is 8.74. The standard InChI is InChI=1S/C20H25NO4/c1-21-8-7-12-10-15(24-3)20(25-4)18-16(12)13(21)9-11-5-6-14(23-2)19(22)17(11)18/h5-6,10,12-13,16,22H,7-9H2,1-4H3. The van der Waals surface area contributed by atoms with E-state index in [0.717, 1.165) is 47.6 Å². The van der Waals surface area contributed by atoms with E-state index >= 15 is 0 Å². The van der Waals surface area contributed by atoms with Gasteiger partial charge in [0, 0.05) is 23.1 Å². The second-order valence-corrected chi connectivity index (χ2v) is 7.06. The van der Waals surface area contributed by atoms with Crippen LogP contribution in [-0.4, -0.2) is 51.0 Å². The Morgan fingerprint density at radius 1 is 1.12 bits per heavy atom. The van der Waals surface area contributed by atoms with E-state index in [1.165, 1.54) is 0 Å². The minimum atomic E-state index is 0.201. The number of likely N-dealkylation sites (N-methyl/N-ethyl adjacent to an activating group) is 1. The Bertz CT molecular complexity index is 767. The van der Waals surface area contributed by atoms with Crippen LogP contribution in [-0.2, 0) is 15.9 Å². The molecular formula is C20H25NO4. The average molecular weight is 343 g/mol. The fourth-order valence-electron chi connectivity index (χ4n) is 4.81. The van der Waals surface area contributed by atoms with Crippen molar-refractivity contribution in [3.63, 3.8) is 0 Å². The summed E-state index contributed by atoms with van der Waals surface area (Å²) in [6.07, 6.45) is 4.20. The van der Waals surface area contributed by atoms with Gasteiger partial charge in [0.15, 0.2) is 23.0 Å². The number of piperidine rings is 1. The molecule has 3 aliphatic rings. The van der Waals surface area contributed by atoms with Gasteiger partial charge >= 0.3 is 0 Å². The lowest BCUT2D eigenvalue weighted by Crippen LogP contribution is -2.51. The summed E-state index contributed by atoms with van der Waals surface area (Å²) in [5.41, 5.74) is 3.05. The number of nitrogens with zero attached hydrogens (tertiary/aromatic N) is 1. The lowest BCUT2D eigenvalue weighted by Gasteiger charge is -2.49. The molecule has 0 amide bonds. The summed E-state index contributed by atoms with van der Waals surface area (Å²) in [6, 6.07) is 4.30. The summed E-state index contributed by atoms with van der Waals surface area (Å²) in [5.74, 6) is 2.87. The van der Waals surface area contributed by atoms with Crippen LogP contribution >= 0.6 is 0 Å². The Morgan fingerprint density at radius 2 is 1.92 bits per heavy atom. The molecule has 4 rings (SSSR count). The van der Waals surface area contributed by atoms with Crippen molar-refractivity contribution in [2.45, 2.75) is 18.9 Å². The predicted molar refractivity (Wildman–Crippen MR) is 95.4 cm³/mol. The van der Waals surface area contributed by atoms with Gasteiger partial charge in [-0.3, -0.25) is 0 Å². The molecule has 0 aromatic heterocycles. The molecule has 0 radical (unpaired) electrons. The van der Waals surface area contributed by atoms with E-state index in [-0.39, 0.29) is 11.7 Å². The molecule has 2 aliphatic carbocycles. The summed E-state index contributed by atoms with van der Waals surface area (Å²) in [5, 5.41) is 10.9. The number of allylic oxidation sites excluding steroid dienone is 1. The molecule has 25 heavy (non-hydrogen) atoms. The maximum absolute atomic E-state index is 10.9. The zero-order valence-corrected chi connectivity index (χ0v) is 15.2. The molecule has 5 nitrogen and oxygen atoms in total. The number of fused-ring (bicyclic) bond motifs is 2. The Labute approximate surface area is 148 Å². The van der Waals surface area contributed by atoms with E-state index in [2.05, 4.69) is 24.1 Å². The zero-order chi connectivity index (χ0) is 17.7. The van der Waals surface area contributed by atoms with Crippen LogP contribution in [0.2, 0.25) is 0 Å². The Morgan fingerprint density at radius 3 is 2.60 bits per heavy atom. The SMILES string of the molecule is COC1=CC2CCN(C)C3Cc4ccc(OC)c(O)c4C(=C1OC)C23. The highest BCUT2D eigenvalue weighted by molar-refractivity contribution is 5.83. The fraction of sp³-hybridized carbons (Fsp3) is 0.500. The van der Waals surface area contributed by atoms with Crippen LogP contribution < -0.4 is 4.74 Å². The van der Waals surface area contributed by atoms with Crippen molar-refractivity contribution in [2.24, 2.45) is 11.8 Å². The topological polar surface area (TPSA) is 51.2 Å². The normalized spacial score (nSPS) is 28.0. The number of phenols is 1. The largest absolute Gasteiger partial charge is 0.504 e. The highest BCUT2D eigenvalue weighted by Crippen LogP contribution is 2.54. The molecule has 3 unspecified atom stereocenters. The second-order valence-electron chi connectivity index (χ2n) is 7.06. The van der Waals surface area contributed by atoms with Gasteiger partial charge in [-0.2, -0.15) is 0 Å². The van der Waals surface area contributed by atoms with Gasteiger partial charge in [-0.25, -0.2) is 0 Å². The van der Waals surface area contributed by atoms with E-state index in [4.69, 9.17) is 14.2 Å². The van der Waals surface area contributed by atoms with Crippen LogP contribution in [0.25, 0.3) is 5.57 Å². The maximum Gasteiger partial charge on any atom is 0.165 e. The molecule has 0 bridgehead atoms. The van der Waals surface area contributed by atoms with Crippen molar-refractivity contribution in [3.8, 4) is 11.5 Å². The average Bonchev–Trinajstić information content (AvgIpc) is 2.63. The lowest BCUT2D eigenvalue weighted by molar-refractivity contribution is 0.104. The molecule has 1 aliphatic heterocycles. The lowest BCUT2D eigenvalue weighted by atomic mass is 9.64. The number of aromatic hydroxyl groups is 1.